The predicted octanol–water partition coefficient (Wildman–Crippen LogP) is 3.31. The summed E-state index contributed by atoms with van der Waals surface area (Å²) in [5.74, 6) is -0.240. The molecule has 0 bridgehead atoms. The Hall–Kier alpha value is -2.61. The van der Waals surface area contributed by atoms with Gasteiger partial charge in [-0.25, -0.2) is 4.79 Å². The van der Waals surface area contributed by atoms with Gasteiger partial charge in [0, 0.05) is 29.8 Å². The Morgan fingerprint density at radius 1 is 1.06 bits per heavy atom. The van der Waals surface area contributed by atoms with Crippen molar-refractivity contribution < 1.29 is 9.59 Å². The first-order valence-electron chi connectivity index (χ1n) is 11.0. The number of hydrogen-bond acceptors (Lipinski definition) is 4. The summed E-state index contributed by atoms with van der Waals surface area (Å²) in [6, 6.07) is 13.6. The summed E-state index contributed by atoms with van der Waals surface area (Å²) in [5.41, 5.74) is 2.29. The van der Waals surface area contributed by atoms with Crippen molar-refractivity contribution in [2.24, 2.45) is 0 Å². The monoisotopic (exact) mass is 457 g/mol. The van der Waals surface area contributed by atoms with Crippen LogP contribution in [0.25, 0.3) is 0 Å². The molecule has 0 radical (unpaired) electrons. The summed E-state index contributed by atoms with van der Waals surface area (Å²) >= 11 is 5.90. The van der Waals surface area contributed by atoms with Crippen molar-refractivity contribution in [3.63, 3.8) is 0 Å². The lowest BCUT2D eigenvalue weighted by atomic mass is 10.0. The lowest BCUT2D eigenvalue weighted by Crippen LogP contribution is -2.46. The third-order valence-corrected chi connectivity index (χ3v) is 5.97. The van der Waals surface area contributed by atoms with Crippen molar-refractivity contribution in [1.29, 1.82) is 0 Å². The predicted molar refractivity (Wildman–Crippen MR) is 129 cm³/mol. The lowest BCUT2D eigenvalue weighted by Gasteiger charge is -2.29. The molecule has 7 nitrogen and oxygen atoms in total. The molecule has 1 atom stereocenters. The number of carbonyl (C=O) groups is 2. The summed E-state index contributed by atoms with van der Waals surface area (Å²) in [6.45, 7) is 5.29. The summed E-state index contributed by atoms with van der Waals surface area (Å²) in [5, 5.41) is 12.6. The van der Waals surface area contributed by atoms with Gasteiger partial charge in [-0.2, -0.15) is 0 Å². The number of halogens is 1. The van der Waals surface area contributed by atoms with Crippen LogP contribution in [0.15, 0.2) is 48.5 Å². The third kappa shape index (κ3) is 7.22. The Balaban J connectivity index is 1.57. The van der Waals surface area contributed by atoms with Crippen molar-refractivity contribution in [3.05, 3.63) is 64.7 Å². The van der Waals surface area contributed by atoms with Crippen molar-refractivity contribution in [3.8, 4) is 0 Å². The van der Waals surface area contributed by atoms with Gasteiger partial charge in [-0.1, -0.05) is 35.9 Å². The van der Waals surface area contributed by atoms with E-state index < -0.39 is 12.1 Å². The molecule has 8 heteroatoms. The summed E-state index contributed by atoms with van der Waals surface area (Å²) in [6.07, 6.45) is 2.23. The van der Waals surface area contributed by atoms with E-state index in [9.17, 15) is 9.59 Å². The molecule has 1 aliphatic heterocycles. The lowest BCUT2D eigenvalue weighted by molar-refractivity contribution is -0.123. The van der Waals surface area contributed by atoms with E-state index in [4.69, 9.17) is 11.6 Å². The third-order valence-electron chi connectivity index (χ3n) is 5.71. The van der Waals surface area contributed by atoms with Gasteiger partial charge in [0.2, 0.25) is 5.91 Å². The molecule has 172 valence electrons. The molecule has 3 amide bonds. The maximum atomic E-state index is 13.0. The fraction of sp³-hybridized carbons (Fsp3) is 0.417. The molecule has 1 heterocycles. The van der Waals surface area contributed by atoms with Gasteiger partial charge in [0.1, 0.15) is 6.04 Å². The van der Waals surface area contributed by atoms with Crippen LogP contribution in [0, 0.1) is 6.92 Å². The van der Waals surface area contributed by atoms with Crippen LogP contribution in [0.5, 0.6) is 0 Å². The van der Waals surface area contributed by atoms with Gasteiger partial charge in [0.15, 0.2) is 0 Å². The van der Waals surface area contributed by atoms with E-state index in [1.807, 2.05) is 31.2 Å². The molecule has 1 fully saturated rings. The summed E-state index contributed by atoms with van der Waals surface area (Å²) < 4.78 is 0. The number of amides is 3. The molecule has 0 saturated carbocycles. The average molecular weight is 458 g/mol. The number of rotatable bonds is 8. The molecule has 4 N–H and O–H groups in total. The largest absolute Gasteiger partial charge is 0.353 e. The van der Waals surface area contributed by atoms with Crippen LogP contribution in [0.2, 0.25) is 5.02 Å². The second-order valence-corrected chi connectivity index (χ2v) is 8.65. The second-order valence-electron chi connectivity index (χ2n) is 8.22. The Morgan fingerprint density at radius 3 is 2.44 bits per heavy atom. The highest BCUT2D eigenvalue weighted by Gasteiger charge is 2.24. The maximum absolute atomic E-state index is 13.0. The van der Waals surface area contributed by atoms with Crippen LogP contribution >= 0.6 is 11.6 Å². The van der Waals surface area contributed by atoms with Crippen molar-refractivity contribution in [1.82, 2.24) is 20.9 Å². The number of nitrogens with one attached hydrogen (secondary N) is 4. The molecule has 0 aliphatic carbocycles. The number of anilines is 1. The number of benzene rings is 2. The van der Waals surface area contributed by atoms with Crippen LogP contribution in [-0.2, 0) is 4.79 Å². The molecular formula is C24H32ClN5O2. The smallest absolute Gasteiger partial charge is 0.320 e. The molecule has 1 aliphatic rings. The zero-order valence-corrected chi connectivity index (χ0v) is 19.4. The van der Waals surface area contributed by atoms with E-state index in [0.29, 0.717) is 29.8 Å². The van der Waals surface area contributed by atoms with E-state index in [1.165, 1.54) is 0 Å². The number of aryl methyl sites for hydroxylation is 1. The van der Waals surface area contributed by atoms with E-state index in [-0.39, 0.29) is 5.91 Å². The Labute approximate surface area is 194 Å². The Morgan fingerprint density at radius 2 is 1.75 bits per heavy atom. The Kier molecular flexibility index (Phi) is 8.90. The van der Waals surface area contributed by atoms with Crippen LogP contribution in [0.3, 0.4) is 0 Å². The normalized spacial score (nSPS) is 15.7. The number of urea groups is 1. The average Bonchev–Trinajstić information content (AvgIpc) is 2.78. The number of nitrogens with zero attached hydrogens (tertiary/aromatic N) is 1. The summed E-state index contributed by atoms with van der Waals surface area (Å²) in [7, 11) is 2.14. The first kappa shape index (κ1) is 24.0. The standard InChI is InChI=1S/C24H32ClN5O2/c1-17-5-3-4-6-21(17)22(29-24(32)28-20-9-7-18(25)8-10-20)23(31)27-14-13-26-19-11-15-30(2)16-12-19/h3-10,19,22,26H,11-16H2,1-2H3,(H,27,31)(H2,28,29,32). The fourth-order valence-electron chi connectivity index (χ4n) is 3.80. The SMILES string of the molecule is Cc1ccccc1C(NC(=O)Nc1ccc(Cl)cc1)C(=O)NCCNC1CCN(C)CC1. The van der Waals surface area contributed by atoms with Gasteiger partial charge < -0.3 is 26.2 Å². The molecule has 0 spiro atoms. The zero-order chi connectivity index (χ0) is 22.9. The van der Waals surface area contributed by atoms with Crippen LogP contribution in [-0.4, -0.2) is 56.1 Å². The first-order chi connectivity index (χ1) is 15.4. The van der Waals surface area contributed by atoms with Gasteiger partial charge >= 0.3 is 6.03 Å². The van der Waals surface area contributed by atoms with E-state index in [0.717, 1.165) is 37.1 Å². The van der Waals surface area contributed by atoms with Crippen LogP contribution in [0.4, 0.5) is 10.5 Å². The topological polar surface area (TPSA) is 85.5 Å². The van der Waals surface area contributed by atoms with Gasteiger partial charge in [0.25, 0.3) is 0 Å². The first-order valence-corrected chi connectivity index (χ1v) is 11.4. The summed E-state index contributed by atoms with van der Waals surface area (Å²) in [4.78, 5) is 28.0. The quantitative estimate of drug-likeness (QED) is 0.458. The van der Waals surface area contributed by atoms with Crippen molar-refractivity contribution >= 4 is 29.2 Å². The molecule has 3 rings (SSSR count). The molecule has 2 aromatic rings. The van der Waals surface area contributed by atoms with Gasteiger partial charge in [0.05, 0.1) is 0 Å². The molecule has 1 saturated heterocycles. The fourth-order valence-corrected chi connectivity index (χ4v) is 3.93. The van der Waals surface area contributed by atoms with E-state index >= 15 is 0 Å². The highest BCUT2D eigenvalue weighted by atomic mass is 35.5. The minimum atomic E-state index is -0.799. The highest BCUT2D eigenvalue weighted by molar-refractivity contribution is 6.30. The zero-order valence-electron chi connectivity index (χ0n) is 18.7. The van der Waals surface area contributed by atoms with Crippen molar-refractivity contribution in [2.45, 2.75) is 31.8 Å². The molecule has 0 aromatic heterocycles. The highest BCUT2D eigenvalue weighted by Crippen LogP contribution is 2.19. The molecule has 32 heavy (non-hydrogen) atoms. The van der Waals surface area contributed by atoms with Crippen molar-refractivity contribution in [2.75, 3.05) is 38.5 Å². The molecular weight excluding hydrogens is 426 g/mol. The van der Waals surface area contributed by atoms with Crippen LogP contribution in [0.1, 0.15) is 30.0 Å². The van der Waals surface area contributed by atoms with E-state index in [1.54, 1.807) is 24.3 Å². The van der Waals surface area contributed by atoms with Crippen LogP contribution < -0.4 is 21.3 Å². The van der Waals surface area contributed by atoms with Gasteiger partial charge in [-0.15, -0.1) is 0 Å². The van der Waals surface area contributed by atoms with Gasteiger partial charge in [-0.05, 0) is 75.3 Å². The molecule has 1 unspecified atom stereocenters. The number of carbonyl (C=O) groups excluding carboxylic acids is 2. The number of likely N-dealkylation sites (tertiary alicyclic amines) is 1. The minimum Gasteiger partial charge on any atom is -0.353 e. The number of hydrogen-bond donors (Lipinski definition) is 4. The molecule has 2 aromatic carbocycles. The van der Waals surface area contributed by atoms with Gasteiger partial charge in [-0.3, -0.25) is 4.79 Å². The maximum Gasteiger partial charge on any atom is 0.320 e. The second kappa shape index (κ2) is 11.9. The minimum absolute atomic E-state index is 0.240. The Bertz CT molecular complexity index is 898. The number of piperidine rings is 1. The van der Waals surface area contributed by atoms with E-state index in [2.05, 4.69) is 33.2 Å².